The van der Waals surface area contributed by atoms with Gasteiger partial charge in [-0.15, -0.1) is 0 Å². The lowest BCUT2D eigenvalue weighted by atomic mass is 9.93. The van der Waals surface area contributed by atoms with Crippen LogP contribution in [0.15, 0.2) is 24.3 Å². The van der Waals surface area contributed by atoms with Crippen molar-refractivity contribution in [1.82, 2.24) is 4.90 Å². The first-order valence-corrected chi connectivity index (χ1v) is 5.49. The van der Waals surface area contributed by atoms with Crippen LogP contribution in [0.25, 0.3) is 0 Å². The van der Waals surface area contributed by atoms with Gasteiger partial charge in [0.15, 0.2) is 0 Å². The summed E-state index contributed by atoms with van der Waals surface area (Å²) in [6.07, 6.45) is 1.06. The quantitative estimate of drug-likeness (QED) is 0.758. The maximum Gasteiger partial charge on any atom is 0.0558 e. The van der Waals surface area contributed by atoms with Crippen molar-refractivity contribution in [3.63, 3.8) is 0 Å². The van der Waals surface area contributed by atoms with E-state index in [4.69, 9.17) is 10.8 Å². The first kappa shape index (κ1) is 10.6. The molecule has 0 spiro atoms. The molecule has 3 N–H and O–H groups in total. The van der Waals surface area contributed by atoms with Gasteiger partial charge in [0.05, 0.1) is 6.61 Å². The second kappa shape index (κ2) is 4.75. The molecule has 1 atom stereocenters. The van der Waals surface area contributed by atoms with Crippen LogP contribution < -0.4 is 5.73 Å². The topological polar surface area (TPSA) is 49.5 Å². The Bertz CT molecular complexity index is 327. The molecule has 3 nitrogen and oxygen atoms in total. The van der Waals surface area contributed by atoms with Gasteiger partial charge in [0.25, 0.3) is 0 Å². The Morgan fingerprint density at radius 1 is 1.40 bits per heavy atom. The zero-order valence-electron chi connectivity index (χ0n) is 8.89. The van der Waals surface area contributed by atoms with Crippen LogP contribution in [0.5, 0.6) is 0 Å². The number of aliphatic hydroxyl groups is 1. The fourth-order valence-corrected chi connectivity index (χ4v) is 2.38. The Balaban J connectivity index is 2.26. The molecule has 2 rings (SSSR count). The molecule has 0 radical (unpaired) electrons. The molecule has 82 valence electrons. The molecule has 0 unspecified atom stereocenters. The average molecular weight is 206 g/mol. The molecule has 0 bridgehead atoms. The molecule has 1 aromatic rings. The van der Waals surface area contributed by atoms with Crippen molar-refractivity contribution in [3.05, 3.63) is 35.4 Å². The SMILES string of the molecule is NC[C@@H]1c2ccccc2CCN1CCO. The lowest BCUT2D eigenvalue weighted by molar-refractivity contribution is 0.145. The second-order valence-electron chi connectivity index (χ2n) is 3.96. The van der Waals surface area contributed by atoms with Gasteiger partial charge in [0.2, 0.25) is 0 Å². The van der Waals surface area contributed by atoms with Crippen LogP contribution in [0, 0.1) is 0 Å². The standard InChI is InChI=1S/C12H18N2O/c13-9-12-11-4-2-1-3-10(11)5-6-14(12)7-8-15/h1-4,12,15H,5-9,13H2/t12-/m1/s1. The predicted molar refractivity (Wildman–Crippen MR) is 60.6 cm³/mol. The largest absolute Gasteiger partial charge is 0.395 e. The number of fused-ring (bicyclic) bond motifs is 1. The molecular weight excluding hydrogens is 188 g/mol. The van der Waals surface area contributed by atoms with Gasteiger partial charge < -0.3 is 10.8 Å². The van der Waals surface area contributed by atoms with Gasteiger partial charge in [-0.1, -0.05) is 24.3 Å². The van der Waals surface area contributed by atoms with Crippen molar-refractivity contribution in [1.29, 1.82) is 0 Å². The summed E-state index contributed by atoms with van der Waals surface area (Å²) in [5, 5.41) is 9.00. The molecular formula is C12H18N2O. The van der Waals surface area contributed by atoms with Gasteiger partial charge in [-0.25, -0.2) is 0 Å². The summed E-state index contributed by atoms with van der Waals surface area (Å²) in [6, 6.07) is 8.74. The monoisotopic (exact) mass is 206 g/mol. The van der Waals surface area contributed by atoms with Crippen LogP contribution in [-0.4, -0.2) is 36.2 Å². The van der Waals surface area contributed by atoms with E-state index in [0.29, 0.717) is 6.54 Å². The van der Waals surface area contributed by atoms with Crippen LogP contribution in [0.1, 0.15) is 17.2 Å². The maximum atomic E-state index is 9.00. The molecule has 0 aliphatic carbocycles. The van der Waals surface area contributed by atoms with Gasteiger partial charge in [0.1, 0.15) is 0 Å². The van der Waals surface area contributed by atoms with E-state index in [0.717, 1.165) is 19.5 Å². The minimum Gasteiger partial charge on any atom is -0.395 e. The molecule has 1 aromatic carbocycles. The van der Waals surface area contributed by atoms with E-state index in [1.165, 1.54) is 11.1 Å². The summed E-state index contributed by atoms with van der Waals surface area (Å²) in [5.74, 6) is 0. The maximum absolute atomic E-state index is 9.00. The second-order valence-corrected chi connectivity index (χ2v) is 3.96. The summed E-state index contributed by atoms with van der Waals surface area (Å²) < 4.78 is 0. The molecule has 0 saturated carbocycles. The van der Waals surface area contributed by atoms with Crippen LogP contribution in [-0.2, 0) is 6.42 Å². The highest BCUT2D eigenvalue weighted by Crippen LogP contribution is 2.28. The Labute approximate surface area is 90.5 Å². The number of nitrogens with two attached hydrogens (primary N) is 1. The van der Waals surface area contributed by atoms with Gasteiger partial charge in [-0.05, 0) is 17.5 Å². The lowest BCUT2D eigenvalue weighted by Gasteiger charge is -2.36. The molecule has 1 heterocycles. The number of β-amino-alcohol motifs (C(OH)–C–C–N with tert-alkyl or cyclic N) is 1. The molecule has 0 fully saturated rings. The van der Waals surface area contributed by atoms with Crippen molar-refractivity contribution in [2.45, 2.75) is 12.5 Å². The fourth-order valence-electron chi connectivity index (χ4n) is 2.38. The number of rotatable bonds is 3. The van der Waals surface area contributed by atoms with Crippen molar-refractivity contribution >= 4 is 0 Å². The molecule has 0 saturated heterocycles. The third-order valence-electron chi connectivity index (χ3n) is 3.13. The molecule has 1 aliphatic heterocycles. The third kappa shape index (κ3) is 2.04. The third-order valence-corrected chi connectivity index (χ3v) is 3.13. The Morgan fingerprint density at radius 2 is 2.20 bits per heavy atom. The van der Waals surface area contributed by atoms with Crippen LogP contribution in [0.2, 0.25) is 0 Å². The minimum atomic E-state index is 0.207. The molecule has 3 heteroatoms. The van der Waals surface area contributed by atoms with Crippen molar-refractivity contribution in [2.75, 3.05) is 26.2 Å². The Kier molecular flexibility index (Phi) is 3.36. The zero-order chi connectivity index (χ0) is 10.7. The smallest absolute Gasteiger partial charge is 0.0558 e. The van der Waals surface area contributed by atoms with E-state index in [-0.39, 0.29) is 12.6 Å². The van der Waals surface area contributed by atoms with Crippen molar-refractivity contribution in [3.8, 4) is 0 Å². The van der Waals surface area contributed by atoms with Gasteiger partial charge in [-0.3, -0.25) is 4.90 Å². The summed E-state index contributed by atoms with van der Waals surface area (Å²) in [5.41, 5.74) is 8.55. The van der Waals surface area contributed by atoms with Crippen molar-refractivity contribution in [2.24, 2.45) is 5.73 Å². The number of hydrogen-bond acceptors (Lipinski definition) is 3. The van der Waals surface area contributed by atoms with E-state index in [9.17, 15) is 0 Å². The number of benzene rings is 1. The summed E-state index contributed by atoms with van der Waals surface area (Å²) in [4.78, 5) is 2.27. The molecule has 15 heavy (non-hydrogen) atoms. The Hall–Kier alpha value is -0.900. The summed E-state index contributed by atoms with van der Waals surface area (Å²) >= 11 is 0. The Morgan fingerprint density at radius 3 is 2.93 bits per heavy atom. The minimum absolute atomic E-state index is 0.207. The van der Waals surface area contributed by atoms with E-state index in [2.05, 4.69) is 29.2 Å². The number of aliphatic hydroxyl groups excluding tert-OH is 1. The molecule has 0 aromatic heterocycles. The van der Waals surface area contributed by atoms with Crippen LogP contribution in [0.4, 0.5) is 0 Å². The van der Waals surface area contributed by atoms with E-state index < -0.39 is 0 Å². The fraction of sp³-hybridized carbons (Fsp3) is 0.500. The van der Waals surface area contributed by atoms with Crippen LogP contribution >= 0.6 is 0 Å². The summed E-state index contributed by atoms with van der Waals surface area (Å²) in [7, 11) is 0. The molecule has 0 amide bonds. The van der Waals surface area contributed by atoms with Crippen LogP contribution in [0.3, 0.4) is 0 Å². The first-order valence-electron chi connectivity index (χ1n) is 5.49. The predicted octanol–water partition coefficient (Wildman–Crippen LogP) is 0.537. The van der Waals surface area contributed by atoms with Crippen molar-refractivity contribution < 1.29 is 5.11 Å². The number of hydrogen-bond donors (Lipinski definition) is 2. The first-order chi connectivity index (χ1) is 7.36. The summed E-state index contributed by atoms with van der Waals surface area (Å²) in [6.45, 7) is 2.55. The van der Waals surface area contributed by atoms with E-state index in [1.807, 2.05) is 0 Å². The zero-order valence-corrected chi connectivity index (χ0v) is 8.89. The number of nitrogens with zero attached hydrogens (tertiary/aromatic N) is 1. The highest BCUT2D eigenvalue weighted by molar-refractivity contribution is 5.32. The van der Waals surface area contributed by atoms with E-state index in [1.54, 1.807) is 0 Å². The normalized spacial score (nSPS) is 21.3. The highest BCUT2D eigenvalue weighted by Gasteiger charge is 2.24. The van der Waals surface area contributed by atoms with Gasteiger partial charge in [0, 0.05) is 25.7 Å². The van der Waals surface area contributed by atoms with Gasteiger partial charge >= 0.3 is 0 Å². The highest BCUT2D eigenvalue weighted by atomic mass is 16.3. The molecule has 1 aliphatic rings. The average Bonchev–Trinajstić information content (AvgIpc) is 2.29. The lowest BCUT2D eigenvalue weighted by Crippen LogP contribution is -2.40. The van der Waals surface area contributed by atoms with Gasteiger partial charge in [-0.2, -0.15) is 0 Å². The van der Waals surface area contributed by atoms with E-state index >= 15 is 0 Å².